The lowest BCUT2D eigenvalue weighted by Crippen LogP contribution is -2.34. The minimum Gasteiger partial charge on any atom is -0.493 e. The average molecular weight is 470 g/mol. The summed E-state index contributed by atoms with van der Waals surface area (Å²) in [7, 11) is 4.72. The van der Waals surface area contributed by atoms with Crippen LogP contribution in [0.2, 0.25) is 0 Å². The first-order valence-corrected chi connectivity index (χ1v) is 11.4. The first kappa shape index (κ1) is 23.9. The molecule has 4 rings (SSSR count). The van der Waals surface area contributed by atoms with Crippen molar-refractivity contribution in [3.63, 3.8) is 0 Å². The van der Waals surface area contributed by atoms with Crippen molar-refractivity contribution in [1.82, 2.24) is 5.32 Å². The molecule has 0 saturated heterocycles. The molecule has 0 aliphatic heterocycles. The van der Waals surface area contributed by atoms with E-state index in [1.54, 1.807) is 21.3 Å². The molecule has 0 radical (unpaired) electrons. The number of Topliss-reactive ketones (excluding diaryl/α,β-unsaturated/α-hetero) is 1. The summed E-state index contributed by atoms with van der Waals surface area (Å²) in [4.78, 5) is 24.2. The Morgan fingerprint density at radius 2 is 1.74 bits per heavy atom. The Labute approximate surface area is 199 Å². The molecule has 0 unspecified atom stereocenters. The van der Waals surface area contributed by atoms with Crippen LogP contribution in [0.25, 0.3) is 11.1 Å². The highest BCUT2D eigenvalue weighted by atomic mass is 16.6. The minimum atomic E-state index is -0.465. The van der Waals surface area contributed by atoms with Crippen molar-refractivity contribution in [3.8, 4) is 28.4 Å². The number of ether oxygens (including phenoxy) is 5. The highest BCUT2D eigenvalue weighted by molar-refractivity contribution is 6.02. The smallest absolute Gasteiger partial charge is 0.407 e. The number of hydrogen-bond donors (Lipinski definition) is 1. The summed E-state index contributed by atoms with van der Waals surface area (Å²) in [6, 6.07) is 9.59. The van der Waals surface area contributed by atoms with Gasteiger partial charge in [-0.25, -0.2) is 4.79 Å². The molecule has 2 aliphatic carbocycles. The van der Waals surface area contributed by atoms with Crippen LogP contribution in [0.3, 0.4) is 0 Å². The van der Waals surface area contributed by atoms with Crippen LogP contribution in [0.4, 0.5) is 4.79 Å². The second-order valence-corrected chi connectivity index (χ2v) is 8.70. The average Bonchev–Trinajstić information content (AvgIpc) is 3.54. The molecule has 0 heterocycles. The van der Waals surface area contributed by atoms with Crippen molar-refractivity contribution in [1.29, 1.82) is 0 Å². The van der Waals surface area contributed by atoms with Gasteiger partial charge in [0.2, 0.25) is 5.75 Å². The van der Waals surface area contributed by atoms with E-state index in [4.69, 9.17) is 23.7 Å². The van der Waals surface area contributed by atoms with Crippen LogP contribution in [-0.2, 0) is 15.9 Å². The SMILES string of the molecule is COCCOC(=O)NCC1(COc2c(-c3cccc4c3CCC4=O)ccc(OC)c2OC)CC1. The van der Waals surface area contributed by atoms with E-state index < -0.39 is 6.09 Å². The molecule has 0 aromatic heterocycles. The van der Waals surface area contributed by atoms with E-state index >= 15 is 0 Å². The van der Waals surface area contributed by atoms with E-state index in [0.29, 0.717) is 49.8 Å². The Hall–Kier alpha value is -3.26. The zero-order chi connectivity index (χ0) is 24.1. The normalized spacial score (nSPS) is 15.4. The lowest BCUT2D eigenvalue weighted by atomic mass is 9.95. The van der Waals surface area contributed by atoms with Crippen LogP contribution in [0.15, 0.2) is 30.3 Å². The van der Waals surface area contributed by atoms with Crippen molar-refractivity contribution in [3.05, 3.63) is 41.5 Å². The Bertz CT molecular complexity index is 1060. The molecule has 2 aromatic rings. The molecular formula is C26H31NO7. The highest BCUT2D eigenvalue weighted by Crippen LogP contribution is 2.50. The molecule has 182 valence electrons. The van der Waals surface area contributed by atoms with E-state index in [0.717, 1.165) is 35.1 Å². The molecule has 34 heavy (non-hydrogen) atoms. The molecule has 1 amide bonds. The Balaban J connectivity index is 1.56. The maximum absolute atomic E-state index is 12.3. The maximum atomic E-state index is 12.3. The molecule has 0 atom stereocenters. The van der Waals surface area contributed by atoms with Crippen LogP contribution in [0.5, 0.6) is 17.2 Å². The molecule has 2 aromatic carbocycles. The molecule has 8 nitrogen and oxygen atoms in total. The van der Waals surface area contributed by atoms with E-state index in [2.05, 4.69) is 5.32 Å². The van der Waals surface area contributed by atoms with E-state index in [1.165, 1.54) is 0 Å². The van der Waals surface area contributed by atoms with Crippen molar-refractivity contribution < 1.29 is 33.3 Å². The van der Waals surface area contributed by atoms with E-state index in [-0.39, 0.29) is 17.8 Å². The van der Waals surface area contributed by atoms with Crippen LogP contribution in [-0.4, -0.2) is 59.6 Å². The van der Waals surface area contributed by atoms with Crippen molar-refractivity contribution in [2.24, 2.45) is 5.41 Å². The lowest BCUT2D eigenvalue weighted by molar-refractivity contribution is 0.0963. The first-order valence-electron chi connectivity index (χ1n) is 11.4. The number of amides is 1. The number of ketones is 1. The molecule has 2 aliphatic rings. The fraction of sp³-hybridized carbons (Fsp3) is 0.462. The quantitative estimate of drug-likeness (QED) is 0.497. The predicted octanol–water partition coefficient (Wildman–Crippen LogP) is 4.03. The van der Waals surface area contributed by atoms with Gasteiger partial charge in [0, 0.05) is 36.6 Å². The molecular weight excluding hydrogens is 438 g/mol. The summed E-state index contributed by atoms with van der Waals surface area (Å²) in [5.41, 5.74) is 3.45. The lowest BCUT2D eigenvalue weighted by Gasteiger charge is -2.22. The van der Waals surface area contributed by atoms with Crippen LogP contribution in [0, 0.1) is 5.41 Å². The molecule has 1 fully saturated rings. The second kappa shape index (κ2) is 10.3. The van der Waals surface area contributed by atoms with Gasteiger partial charge in [-0.1, -0.05) is 18.2 Å². The van der Waals surface area contributed by atoms with E-state index in [1.807, 2.05) is 30.3 Å². The second-order valence-electron chi connectivity index (χ2n) is 8.70. The van der Waals surface area contributed by atoms with Crippen LogP contribution >= 0.6 is 0 Å². The number of carbonyl (C=O) groups excluding carboxylic acids is 2. The fourth-order valence-electron chi connectivity index (χ4n) is 4.30. The van der Waals surface area contributed by atoms with Gasteiger partial charge in [-0.2, -0.15) is 0 Å². The topological polar surface area (TPSA) is 92.3 Å². The molecule has 1 saturated carbocycles. The van der Waals surface area contributed by atoms with Crippen molar-refractivity contribution in [2.75, 3.05) is 47.7 Å². The Morgan fingerprint density at radius 1 is 0.941 bits per heavy atom. The van der Waals surface area contributed by atoms with E-state index in [9.17, 15) is 9.59 Å². The zero-order valence-electron chi connectivity index (χ0n) is 19.9. The third kappa shape index (κ3) is 4.97. The molecule has 0 spiro atoms. The van der Waals surface area contributed by atoms with Crippen molar-refractivity contribution in [2.45, 2.75) is 25.7 Å². The number of carbonyl (C=O) groups is 2. The fourth-order valence-corrected chi connectivity index (χ4v) is 4.30. The maximum Gasteiger partial charge on any atom is 0.407 e. The summed E-state index contributed by atoms with van der Waals surface area (Å²) in [6.45, 7) is 1.42. The van der Waals surface area contributed by atoms with Gasteiger partial charge in [0.1, 0.15) is 6.61 Å². The van der Waals surface area contributed by atoms with Gasteiger partial charge in [0.15, 0.2) is 17.3 Å². The minimum absolute atomic E-state index is 0.166. The van der Waals surface area contributed by atoms with Gasteiger partial charge in [0.05, 0.1) is 27.4 Å². The number of methoxy groups -OCH3 is 3. The van der Waals surface area contributed by atoms with Gasteiger partial charge in [-0.15, -0.1) is 0 Å². The number of fused-ring (bicyclic) bond motifs is 1. The van der Waals surface area contributed by atoms with Gasteiger partial charge >= 0.3 is 6.09 Å². The first-order chi connectivity index (χ1) is 16.5. The Morgan fingerprint density at radius 3 is 2.44 bits per heavy atom. The summed E-state index contributed by atoms with van der Waals surface area (Å²) in [5, 5.41) is 2.83. The third-order valence-electron chi connectivity index (χ3n) is 6.48. The number of rotatable bonds is 11. The summed E-state index contributed by atoms with van der Waals surface area (Å²) >= 11 is 0. The Kier molecular flexibility index (Phi) is 7.26. The van der Waals surface area contributed by atoms with Crippen LogP contribution in [0.1, 0.15) is 35.2 Å². The molecule has 8 heteroatoms. The summed E-state index contributed by atoms with van der Waals surface area (Å²) in [5.74, 6) is 1.81. The number of alkyl carbamates (subject to hydrolysis) is 1. The number of hydrogen-bond acceptors (Lipinski definition) is 7. The highest BCUT2D eigenvalue weighted by Gasteiger charge is 2.44. The third-order valence-corrected chi connectivity index (χ3v) is 6.48. The number of benzene rings is 2. The standard InChI is InChI=1S/C26H31NO7/c1-30-13-14-33-25(29)27-15-26(11-12-26)16-34-23-20(8-10-22(31-2)24(23)32-3)17-5-4-6-19-18(17)7-9-21(19)28/h4-6,8,10H,7,9,11-16H2,1-3H3,(H,27,29). The van der Waals surface area contributed by atoms with Crippen LogP contribution < -0.4 is 19.5 Å². The van der Waals surface area contributed by atoms with Gasteiger partial charge in [0.25, 0.3) is 0 Å². The molecule has 0 bridgehead atoms. The van der Waals surface area contributed by atoms with Gasteiger partial charge in [-0.3, -0.25) is 4.79 Å². The molecule has 1 N–H and O–H groups in total. The summed E-state index contributed by atoms with van der Waals surface area (Å²) < 4.78 is 27.6. The van der Waals surface area contributed by atoms with Gasteiger partial charge in [-0.05, 0) is 42.5 Å². The zero-order valence-corrected chi connectivity index (χ0v) is 19.9. The summed E-state index contributed by atoms with van der Waals surface area (Å²) in [6.07, 6.45) is 2.62. The van der Waals surface area contributed by atoms with Gasteiger partial charge < -0.3 is 29.0 Å². The monoisotopic (exact) mass is 469 g/mol. The van der Waals surface area contributed by atoms with Crippen molar-refractivity contribution >= 4 is 11.9 Å². The predicted molar refractivity (Wildman–Crippen MR) is 126 cm³/mol. The largest absolute Gasteiger partial charge is 0.493 e. The number of nitrogens with one attached hydrogen (secondary N) is 1.